The second-order valence-electron chi connectivity index (χ2n) is 3.70. The molecule has 0 spiro atoms. The van der Waals surface area contributed by atoms with Gasteiger partial charge in [0.25, 0.3) is 0 Å². The van der Waals surface area contributed by atoms with Crippen molar-refractivity contribution in [3.05, 3.63) is 35.9 Å². The molecule has 3 nitrogen and oxygen atoms in total. The largest absolute Gasteiger partial charge is 0.384 e. The molecule has 2 unspecified atom stereocenters. The molecule has 0 aliphatic heterocycles. The summed E-state index contributed by atoms with van der Waals surface area (Å²) in [6.45, 7) is 2.31. The van der Waals surface area contributed by atoms with Crippen molar-refractivity contribution in [1.29, 1.82) is 0 Å². The fraction of sp³-hybridized carbons (Fsp3) is 0.462. The molecule has 94 valence electrons. The molecule has 1 aromatic carbocycles. The maximum absolute atomic E-state index is 12.1. The minimum absolute atomic E-state index is 0.0393. The van der Waals surface area contributed by atoms with E-state index in [1.165, 1.54) is 0 Å². The molecule has 0 aromatic heterocycles. The number of ether oxygens (including phenoxy) is 1. The normalized spacial score (nSPS) is 14.2. The second-order valence-corrected chi connectivity index (χ2v) is 5.44. The number of rotatable bonds is 7. The lowest BCUT2D eigenvalue weighted by molar-refractivity contribution is 0.0986. The predicted molar refractivity (Wildman–Crippen MR) is 69.7 cm³/mol. The van der Waals surface area contributed by atoms with Crippen molar-refractivity contribution in [3.63, 3.8) is 0 Å². The van der Waals surface area contributed by atoms with Crippen LogP contribution in [-0.2, 0) is 15.5 Å². The molecule has 17 heavy (non-hydrogen) atoms. The number of hydrogen-bond acceptors (Lipinski definition) is 3. The maximum atomic E-state index is 12.1. The number of Topliss-reactive ketones (excluding diaryl/α,β-unsaturated/α-hetero) is 1. The molecule has 1 aromatic rings. The lowest BCUT2D eigenvalue weighted by atomic mass is 10.1. The molecule has 0 bridgehead atoms. The Labute approximate surface area is 105 Å². The predicted octanol–water partition coefficient (Wildman–Crippen LogP) is 2.04. The zero-order valence-corrected chi connectivity index (χ0v) is 11.0. The van der Waals surface area contributed by atoms with Crippen molar-refractivity contribution in [1.82, 2.24) is 0 Å². The summed E-state index contributed by atoms with van der Waals surface area (Å²) in [4.78, 5) is 12.1. The van der Waals surface area contributed by atoms with Crippen LogP contribution in [0.1, 0.15) is 23.7 Å². The third kappa shape index (κ3) is 4.06. The van der Waals surface area contributed by atoms with E-state index in [1.54, 1.807) is 19.2 Å². The first-order valence-electron chi connectivity index (χ1n) is 5.66. The molecular weight excluding hydrogens is 236 g/mol. The van der Waals surface area contributed by atoms with Crippen molar-refractivity contribution in [2.24, 2.45) is 0 Å². The summed E-state index contributed by atoms with van der Waals surface area (Å²) < 4.78 is 16.8. The Bertz CT molecular complexity index is 376. The quantitative estimate of drug-likeness (QED) is 0.699. The van der Waals surface area contributed by atoms with E-state index in [4.69, 9.17) is 4.74 Å². The Morgan fingerprint density at radius 1 is 1.35 bits per heavy atom. The van der Waals surface area contributed by atoms with Gasteiger partial charge < -0.3 is 4.74 Å². The van der Waals surface area contributed by atoms with Gasteiger partial charge in [0.1, 0.15) is 0 Å². The summed E-state index contributed by atoms with van der Waals surface area (Å²) in [5, 5.41) is -0.424. The lowest BCUT2D eigenvalue weighted by Crippen LogP contribution is -2.28. The van der Waals surface area contributed by atoms with E-state index in [1.807, 2.05) is 25.1 Å². The SMILES string of the molecule is CCC(C(=O)c1ccccc1)S(=O)CCOC. The standard InChI is InChI=1S/C13H18O3S/c1-3-12(17(15)10-9-16-2)13(14)11-7-5-4-6-8-11/h4-8,12H,3,9-10H2,1-2H3. The fourth-order valence-corrected chi connectivity index (χ4v) is 2.95. The van der Waals surface area contributed by atoms with Crippen molar-refractivity contribution in [2.45, 2.75) is 18.6 Å². The number of benzene rings is 1. The smallest absolute Gasteiger partial charge is 0.178 e. The molecule has 0 fully saturated rings. The summed E-state index contributed by atoms with van der Waals surface area (Å²) in [7, 11) is 0.404. The second kappa shape index (κ2) is 7.35. The fourth-order valence-electron chi connectivity index (χ4n) is 1.59. The van der Waals surface area contributed by atoms with Crippen LogP contribution in [-0.4, -0.2) is 34.7 Å². The lowest BCUT2D eigenvalue weighted by Gasteiger charge is -2.13. The van der Waals surface area contributed by atoms with E-state index in [0.717, 1.165) is 0 Å². The van der Waals surface area contributed by atoms with Gasteiger partial charge in [0.05, 0.1) is 11.9 Å². The van der Waals surface area contributed by atoms with E-state index < -0.39 is 16.0 Å². The van der Waals surface area contributed by atoms with Gasteiger partial charge in [-0.1, -0.05) is 37.3 Å². The summed E-state index contributed by atoms with van der Waals surface area (Å²) >= 11 is 0. The summed E-state index contributed by atoms with van der Waals surface area (Å²) in [6.07, 6.45) is 0.587. The number of carbonyl (C=O) groups is 1. The zero-order chi connectivity index (χ0) is 12.7. The summed E-state index contributed by atoms with van der Waals surface area (Å²) in [5.74, 6) is 0.371. The molecule has 0 saturated carbocycles. The van der Waals surface area contributed by atoms with Gasteiger partial charge in [-0.05, 0) is 6.42 Å². The van der Waals surface area contributed by atoms with Gasteiger partial charge in [0.15, 0.2) is 5.78 Å². The van der Waals surface area contributed by atoms with Crippen LogP contribution in [0.3, 0.4) is 0 Å². The summed E-state index contributed by atoms with van der Waals surface area (Å²) in [6, 6.07) is 9.02. The van der Waals surface area contributed by atoms with Gasteiger partial charge in [-0.3, -0.25) is 9.00 Å². The first kappa shape index (κ1) is 14.1. The van der Waals surface area contributed by atoms with Crippen molar-refractivity contribution in [3.8, 4) is 0 Å². The zero-order valence-electron chi connectivity index (χ0n) is 10.2. The van der Waals surface area contributed by atoms with Gasteiger partial charge in [0.2, 0.25) is 0 Å². The van der Waals surface area contributed by atoms with Crippen molar-refractivity contribution >= 4 is 16.6 Å². The van der Waals surface area contributed by atoms with Crippen LogP contribution in [0.2, 0.25) is 0 Å². The number of carbonyl (C=O) groups excluding carboxylic acids is 1. The number of ketones is 1. The van der Waals surface area contributed by atoms with Crippen molar-refractivity contribution < 1.29 is 13.7 Å². The molecule has 2 atom stereocenters. The molecule has 0 radical (unpaired) electrons. The van der Waals surface area contributed by atoms with E-state index in [9.17, 15) is 9.00 Å². The first-order chi connectivity index (χ1) is 8.20. The van der Waals surface area contributed by atoms with Crippen LogP contribution in [0.15, 0.2) is 30.3 Å². The minimum atomic E-state index is -1.16. The van der Waals surface area contributed by atoms with Crippen molar-refractivity contribution in [2.75, 3.05) is 19.5 Å². The van der Waals surface area contributed by atoms with Gasteiger partial charge in [0, 0.05) is 29.2 Å². The topological polar surface area (TPSA) is 43.4 Å². The van der Waals surface area contributed by atoms with Gasteiger partial charge in [-0.15, -0.1) is 0 Å². The monoisotopic (exact) mass is 254 g/mol. The first-order valence-corrected chi connectivity index (χ1v) is 7.04. The Kier molecular flexibility index (Phi) is 6.08. The number of hydrogen-bond donors (Lipinski definition) is 0. The molecule has 0 N–H and O–H groups in total. The Hall–Kier alpha value is -1.00. The Morgan fingerprint density at radius 3 is 2.53 bits per heavy atom. The van der Waals surface area contributed by atoms with E-state index >= 15 is 0 Å². The van der Waals surface area contributed by atoms with Crippen LogP contribution >= 0.6 is 0 Å². The molecule has 0 aliphatic rings. The highest BCUT2D eigenvalue weighted by Gasteiger charge is 2.23. The van der Waals surface area contributed by atoms with E-state index in [-0.39, 0.29) is 5.78 Å². The Balaban J connectivity index is 2.74. The third-order valence-electron chi connectivity index (χ3n) is 2.53. The van der Waals surface area contributed by atoms with Crippen LogP contribution in [0, 0.1) is 0 Å². The third-order valence-corrected chi connectivity index (χ3v) is 4.28. The van der Waals surface area contributed by atoms with Gasteiger partial charge in [-0.2, -0.15) is 0 Å². The summed E-state index contributed by atoms with van der Waals surface area (Å²) in [5.41, 5.74) is 0.630. The molecular formula is C13H18O3S. The molecule has 0 saturated heterocycles. The highest BCUT2D eigenvalue weighted by atomic mass is 32.2. The molecule has 4 heteroatoms. The van der Waals surface area contributed by atoms with E-state index in [2.05, 4.69) is 0 Å². The van der Waals surface area contributed by atoms with Gasteiger partial charge >= 0.3 is 0 Å². The van der Waals surface area contributed by atoms with E-state index in [0.29, 0.717) is 24.3 Å². The van der Waals surface area contributed by atoms with Crippen LogP contribution < -0.4 is 0 Å². The number of methoxy groups -OCH3 is 1. The minimum Gasteiger partial charge on any atom is -0.384 e. The van der Waals surface area contributed by atoms with Crippen LogP contribution in [0.4, 0.5) is 0 Å². The van der Waals surface area contributed by atoms with Crippen LogP contribution in [0.25, 0.3) is 0 Å². The molecule has 0 heterocycles. The Morgan fingerprint density at radius 2 is 2.00 bits per heavy atom. The molecule has 0 amide bonds. The van der Waals surface area contributed by atoms with Gasteiger partial charge in [-0.25, -0.2) is 0 Å². The van der Waals surface area contributed by atoms with Crippen LogP contribution in [0.5, 0.6) is 0 Å². The highest BCUT2D eigenvalue weighted by molar-refractivity contribution is 7.86. The average molecular weight is 254 g/mol. The maximum Gasteiger partial charge on any atom is 0.178 e. The molecule has 0 aliphatic carbocycles. The molecule has 1 rings (SSSR count). The average Bonchev–Trinajstić information content (AvgIpc) is 2.38. The highest BCUT2D eigenvalue weighted by Crippen LogP contribution is 2.11.